The molecule has 0 aromatic heterocycles. The minimum Gasteiger partial charge on any atom is -0.459 e. The molecule has 1 aromatic rings. The molecule has 7 heteroatoms. The molecule has 0 aliphatic carbocycles. The van der Waals surface area contributed by atoms with E-state index in [9.17, 15) is 9.59 Å². The topological polar surface area (TPSA) is 79.5 Å². The Hall–Kier alpha value is -2.15. The van der Waals surface area contributed by atoms with Gasteiger partial charge in [0.1, 0.15) is 12.6 Å². The first-order chi connectivity index (χ1) is 13.8. The van der Waals surface area contributed by atoms with Crippen LogP contribution in [0.5, 0.6) is 0 Å². The number of nitrogens with one attached hydrogen (secondary N) is 3. The number of ether oxygens (including phenoxy) is 1. The van der Waals surface area contributed by atoms with Gasteiger partial charge in [-0.3, -0.25) is 4.79 Å². The summed E-state index contributed by atoms with van der Waals surface area (Å²) in [6.45, 7) is 8.84. The highest BCUT2D eigenvalue weighted by molar-refractivity contribution is 7.80. The summed E-state index contributed by atoms with van der Waals surface area (Å²) < 4.78 is 5.48. The van der Waals surface area contributed by atoms with Crippen molar-refractivity contribution in [1.82, 2.24) is 16.0 Å². The maximum Gasteiger partial charge on any atom is 0.328 e. The fraction of sp³-hybridized carbons (Fsp3) is 0.591. The van der Waals surface area contributed by atoms with Crippen molar-refractivity contribution in [1.29, 1.82) is 0 Å². The molecule has 1 amide bonds. The van der Waals surface area contributed by atoms with Gasteiger partial charge in [0.15, 0.2) is 5.11 Å². The van der Waals surface area contributed by atoms with Crippen LogP contribution in [0.1, 0.15) is 58.9 Å². The first-order valence-electron chi connectivity index (χ1n) is 10.3. The third kappa shape index (κ3) is 12.1. The third-order valence-corrected chi connectivity index (χ3v) is 4.30. The summed E-state index contributed by atoms with van der Waals surface area (Å²) in [5.41, 5.74) is 0.940. The van der Waals surface area contributed by atoms with E-state index in [0.717, 1.165) is 18.4 Å². The zero-order valence-electron chi connectivity index (χ0n) is 18.0. The quantitative estimate of drug-likeness (QED) is 0.273. The van der Waals surface area contributed by atoms with Crippen LogP contribution >= 0.6 is 12.2 Å². The smallest absolute Gasteiger partial charge is 0.328 e. The molecule has 0 saturated heterocycles. The zero-order chi connectivity index (χ0) is 21.6. The van der Waals surface area contributed by atoms with Crippen LogP contribution in [-0.2, 0) is 20.9 Å². The fourth-order valence-corrected chi connectivity index (χ4v) is 3.06. The first kappa shape index (κ1) is 24.9. The van der Waals surface area contributed by atoms with Crippen molar-refractivity contribution < 1.29 is 14.3 Å². The Balaban J connectivity index is 2.48. The van der Waals surface area contributed by atoms with Gasteiger partial charge in [0, 0.05) is 19.0 Å². The van der Waals surface area contributed by atoms with Crippen LogP contribution in [0.4, 0.5) is 0 Å². The molecule has 0 spiro atoms. The van der Waals surface area contributed by atoms with Crippen molar-refractivity contribution in [3.8, 4) is 0 Å². The Morgan fingerprint density at radius 1 is 1.03 bits per heavy atom. The summed E-state index contributed by atoms with van der Waals surface area (Å²) in [6, 6.07) is 9.23. The highest BCUT2D eigenvalue weighted by Crippen LogP contribution is 2.07. The summed E-state index contributed by atoms with van der Waals surface area (Å²) >= 11 is 5.29. The predicted octanol–water partition coefficient (Wildman–Crippen LogP) is 3.30. The van der Waals surface area contributed by atoms with Crippen LogP contribution < -0.4 is 16.0 Å². The number of rotatable bonds is 12. The van der Waals surface area contributed by atoms with E-state index >= 15 is 0 Å². The van der Waals surface area contributed by atoms with Crippen molar-refractivity contribution in [2.24, 2.45) is 5.92 Å². The highest BCUT2D eigenvalue weighted by atomic mass is 32.1. The van der Waals surface area contributed by atoms with E-state index in [2.05, 4.69) is 16.0 Å². The molecule has 1 aromatic carbocycles. The molecule has 29 heavy (non-hydrogen) atoms. The second-order valence-corrected chi connectivity index (χ2v) is 8.27. The van der Waals surface area contributed by atoms with Crippen LogP contribution in [0.15, 0.2) is 30.3 Å². The summed E-state index contributed by atoms with van der Waals surface area (Å²) in [5.74, 6) is 0.0855. The van der Waals surface area contributed by atoms with Gasteiger partial charge in [-0.05, 0) is 56.8 Å². The molecular weight excluding hydrogens is 386 g/mol. The number of hydrogen-bond donors (Lipinski definition) is 3. The average Bonchev–Trinajstić information content (AvgIpc) is 2.64. The van der Waals surface area contributed by atoms with E-state index in [0.29, 0.717) is 30.4 Å². The molecule has 0 saturated carbocycles. The van der Waals surface area contributed by atoms with Crippen LogP contribution in [-0.4, -0.2) is 35.6 Å². The number of carbonyl (C=O) groups is 2. The Labute approximate surface area is 180 Å². The lowest BCUT2D eigenvalue weighted by Gasteiger charge is -2.21. The number of amides is 1. The molecule has 6 nitrogen and oxygen atoms in total. The maximum atomic E-state index is 12.6. The SMILES string of the molecule is CC(C)CC(=O)NCCCCC(NC(=S)NC(C)C)C(=O)OCc1ccccc1. The number of unbranched alkanes of at least 4 members (excludes halogenated alkanes) is 1. The Kier molecular flexibility index (Phi) is 12.0. The van der Waals surface area contributed by atoms with Crippen molar-refractivity contribution in [2.45, 2.75) is 72.1 Å². The highest BCUT2D eigenvalue weighted by Gasteiger charge is 2.21. The van der Waals surface area contributed by atoms with Crippen LogP contribution in [0.2, 0.25) is 0 Å². The summed E-state index contributed by atoms with van der Waals surface area (Å²) in [7, 11) is 0. The molecule has 0 aliphatic heterocycles. The molecule has 1 atom stereocenters. The summed E-state index contributed by atoms with van der Waals surface area (Å²) in [5, 5.41) is 9.51. The molecular formula is C22H35N3O3S. The third-order valence-electron chi connectivity index (χ3n) is 4.07. The van der Waals surface area contributed by atoms with Gasteiger partial charge in [0.05, 0.1) is 0 Å². The molecule has 0 fully saturated rings. The van der Waals surface area contributed by atoms with Crippen LogP contribution in [0.25, 0.3) is 0 Å². The number of esters is 1. The van der Waals surface area contributed by atoms with Gasteiger partial charge in [-0.25, -0.2) is 4.79 Å². The van der Waals surface area contributed by atoms with Crippen molar-refractivity contribution in [2.75, 3.05) is 6.54 Å². The van der Waals surface area contributed by atoms with Crippen molar-refractivity contribution in [3.63, 3.8) is 0 Å². The second-order valence-electron chi connectivity index (χ2n) is 7.86. The van der Waals surface area contributed by atoms with Gasteiger partial charge in [0.2, 0.25) is 5.91 Å². The Bertz CT molecular complexity index is 635. The molecule has 0 heterocycles. The molecule has 3 N–H and O–H groups in total. The molecule has 1 unspecified atom stereocenters. The summed E-state index contributed by atoms with van der Waals surface area (Å²) in [6.07, 6.45) is 2.67. The summed E-state index contributed by atoms with van der Waals surface area (Å²) in [4.78, 5) is 24.3. The van der Waals surface area contributed by atoms with Gasteiger partial charge in [-0.2, -0.15) is 0 Å². The second kappa shape index (κ2) is 13.9. The lowest BCUT2D eigenvalue weighted by atomic mass is 10.1. The fourth-order valence-electron chi connectivity index (χ4n) is 2.68. The Morgan fingerprint density at radius 2 is 1.72 bits per heavy atom. The van der Waals surface area contributed by atoms with Crippen LogP contribution in [0.3, 0.4) is 0 Å². The Morgan fingerprint density at radius 3 is 2.34 bits per heavy atom. The largest absolute Gasteiger partial charge is 0.459 e. The van der Waals surface area contributed by atoms with E-state index < -0.39 is 6.04 Å². The maximum absolute atomic E-state index is 12.6. The van der Waals surface area contributed by atoms with Gasteiger partial charge in [0.25, 0.3) is 0 Å². The number of carbonyl (C=O) groups excluding carboxylic acids is 2. The minimum atomic E-state index is -0.524. The predicted molar refractivity (Wildman–Crippen MR) is 120 cm³/mol. The number of hydrogen-bond acceptors (Lipinski definition) is 4. The number of thiocarbonyl (C=S) groups is 1. The van der Waals surface area contributed by atoms with E-state index in [1.54, 1.807) is 0 Å². The monoisotopic (exact) mass is 421 g/mol. The molecule has 1 rings (SSSR count). The lowest BCUT2D eigenvalue weighted by molar-refractivity contribution is -0.147. The lowest BCUT2D eigenvalue weighted by Crippen LogP contribution is -2.48. The average molecular weight is 422 g/mol. The van der Waals surface area contributed by atoms with Crippen molar-refractivity contribution >= 4 is 29.2 Å². The molecule has 0 aliphatic rings. The van der Waals surface area contributed by atoms with E-state index in [1.807, 2.05) is 58.0 Å². The van der Waals surface area contributed by atoms with Crippen LogP contribution in [0, 0.1) is 5.92 Å². The van der Waals surface area contributed by atoms with Crippen molar-refractivity contribution in [3.05, 3.63) is 35.9 Å². The van der Waals surface area contributed by atoms with Gasteiger partial charge in [-0.15, -0.1) is 0 Å². The molecule has 0 bridgehead atoms. The minimum absolute atomic E-state index is 0.0688. The van der Waals surface area contributed by atoms with E-state index in [4.69, 9.17) is 17.0 Å². The number of benzene rings is 1. The van der Waals surface area contributed by atoms with E-state index in [-0.39, 0.29) is 24.5 Å². The normalized spacial score (nSPS) is 11.8. The molecule has 162 valence electrons. The first-order valence-corrected chi connectivity index (χ1v) is 10.7. The van der Waals surface area contributed by atoms with Gasteiger partial charge >= 0.3 is 5.97 Å². The molecule has 0 radical (unpaired) electrons. The standard InChI is InChI=1S/C22H35N3O3S/c1-16(2)14-20(26)23-13-9-8-12-19(25-22(29)24-17(3)4)21(27)28-15-18-10-6-5-7-11-18/h5-7,10-11,16-17,19H,8-9,12-15H2,1-4H3,(H,23,26)(H2,24,25,29). The van der Waals surface area contributed by atoms with Gasteiger partial charge < -0.3 is 20.7 Å². The van der Waals surface area contributed by atoms with E-state index in [1.165, 1.54) is 0 Å². The van der Waals surface area contributed by atoms with Gasteiger partial charge in [-0.1, -0.05) is 44.2 Å². The zero-order valence-corrected chi connectivity index (χ0v) is 18.8.